The van der Waals surface area contributed by atoms with E-state index >= 15 is 0 Å². The minimum absolute atomic E-state index is 0.177. The molecule has 1 aromatic carbocycles. The van der Waals surface area contributed by atoms with Crippen LogP contribution in [0.1, 0.15) is 17.4 Å². The topological polar surface area (TPSA) is 65.7 Å². The van der Waals surface area contributed by atoms with Gasteiger partial charge in [0.2, 0.25) is 6.79 Å². The van der Waals surface area contributed by atoms with Crippen LogP contribution < -0.4 is 15.0 Å². The number of ether oxygens (including phenoxy) is 2. The van der Waals surface area contributed by atoms with Gasteiger partial charge in [0.05, 0.1) is 11.6 Å². The van der Waals surface area contributed by atoms with Crippen LogP contribution in [0.5, 0.6) is 11.5 Å². The van der Waals surface area contributed by atoms with Crippen LogP contribution in [0.4, 0.5) is 0 Å². The molecular formula is C16H12BrN3O3S. The fraction of sp³-hybridized carbons (Fsp3) is 0.188. The number of aromatic nitrogens is 2. The Morgan fingerprint density at radius 1 is 1.38 bits per heavy atom. The summed E-state index contributed by atoms with van der Waals surface area (Å²) in [6, 6.07) is 5.52. The summed E-state index contributed by atoms with van der Waals surface area (Å²) in [6.07, 6.45) is 3.92. The van der Waals surface area contributed by atoms with E-state index in [0.29, 0.717) is 16.9 Å². The monoisotopic (exact) mass is 405 g/mol. The molecule has 0 radical (unpaired) electrons. The van der Waals surface area contributed by atoms with Crippen LogP contribution >= 0.6 is 27.3 Å². The minimum Gasteiger partial charge on any atom is -0.454 e. The fourth-order valence-electron chi connectivity index (χ4n) is 2.38. The van der Waals surface area contributed by atoms with Crippen LogP contribution in [0, 0.1) is 0 Å². The Balaban J connectivity index is 1.73. The minimum atomic E-state index is -0.177. The van der Waals surface area contributed by atoms with Crippen molar-refractivity contribution in [1.29, 1.82) is 0 Å². The van der Waals surface area contributed by atoms with Gasteiger partial charge >= 0.3 is 0 Å². The third-order valence-electron chi connectivity index (χ3n) is 3.65. The van der Waals surface area contributed by atoms with E-state index in [1.807, 2.05) is 18.2 Å². The zero-order chi connectivity index (χ0) is 16.7. The Hall–Kier alpha value is -2.19. The molecule has 0 bridgehead atoms. The molecule has 0 N–H and O–H groups in total. The van der Waals surface area contributed by atoms with E-state index in [0.717, 1.165) is 26.2 Å². The SMILES string of the molecule is CCc1cc2c(=O)n(/N=C\c3cc4c(cc3Br)OCO4)cnc2s1. The van der Waals surface area contributed by atoms with Crippen molar-refractivity contribution < 1.29 is 9.47 Å². The first-order valence-corrected chi connectivity index (χ1v) is 8.90. The average Bonchev–Trinajstić information content (AvgIpc) is 3.20. The lowest BCUT2D eigenvalue weighted by atomic mass is 10.2. The van der Waals surface area contributed by atoms with E-state index in [9.17, 15) is 4.79 Å². The highest BCUT2D eigenvalue weighted by atomic mass is 79.9. The number of halogens is 1. The molecule has 4 rings (SSSR count). The summed E-state index contributed by atoms with van der Waals surface area (Å²) < 4.78 is 12.7. The second-order valence-electron chi connectivity index (χ2n) is 5.15. The molecular weight excluding hydrogens is 394 g/mol. The number of fused-ring (bicyclic) bond motifs is 2. The lowest BCUT2D eigenvalue weighted by molar-refractivity contribution is 0.174. The van der Waals surface area contributed by atoms with E-state index in [1.54, 1.807) is 6.21 Å². The molecule has 24 heavy (non-hydrogen) atoms. The molecule has 0 spiro atoms. The number of thiophene rings is 1. The standard InChI is InChI=1S/C16H12BrN3O3S/c1-2-10-4-11-15(24-10)18-7-20(16(11)21)19-6-9-3-13-14(5-12(9)17)23-8-22-13/h3-7H,2,8H2,1H3/b19-6-. The molecule has 8 heteroatoms. The van der Waals surface area contributed by atoms with Gasteiger partial charge in [-0.15, -0.1) is 11.3 Å². The molecule has 3 heterocycles. The predicted molar refractivity (Wildman–Crippen MR) is 96.5 cm³/mol. The summed E-state index contributed by atoms with van der Waals surface area (Å²) >= 11 is 5.00. The maximum Gasteiger partial charge on any atom is 0.282 e. The molecule has 0 atom stereocenters. The first kappa shape index (κ1) is 15.3. The summed E-state index contributed by atoms with van der Waals surface area (Å²) in [6.45, 7) is 2.26. The van der Waals surface area contributed by atoms with Crippen LogP contribution in [0.2, 0.25) is 0 Å². The summed E-state index contributed by atoms with van der Waals surface area (Å²) in [5, 5.41) is 4.84. The molecule has 2 aromatic heterocycles. The number of hydrogen-bond donors (Lipinski definition) is 0. The van der Waals surface area contributed by atoms with Gasteiger partial charge in [0, 0.05) is 14.9 Å². The van der Waals surface area contributed by atoms with Gasteiger partial charge in [0.1, 0.15) is 11.2 Å². The molecule has 122 valence electrons. The molecule has 1 aliphatic rings. The number of rotatable bonds is 3. The normalized spacial score (nSPS) is 13.2. The first-order valence-electron chi connectivity index (χ1n) is 7.29. The van der Waals surface area contributed by atoms with E-state index < -0.39 is 0 Å². The molecule has 0 unspecified atom stereocenters. The lowest BCUT2D eigenvalue weighted by Gasteiger charge is -2.02. The van der Waals surface area contributed by atoms with E-state index in [1.165, 1.54) is 22.3 Å². The number of nitrogens with zero attached hydrogens (tertiary/aromatic N) is 3. The van der Waals surface area contributed by atoms with Crippen LogP contribution in [0.3, 0.4) is 0 Å². The summed E-state index contributed by atoms with van der Waals surface area (Å²) in [5.74, 6) is 1.34. The zero-order valence-electron chi connectivity index (χ0n) is 12.7. The van der Waals surface area contributed by atoms with Crippen LogP contribution in [-0.2, 0) is 6.42 Å². The van der Waals surface area contributed by atoms with Gasteiger partial charge in [-0.25, -0.2) is 4.98 Å². The Bertz CT molecular complexity index is 1030. The van der Waals surface area contributed by atoms with Crippen LogP contribution in [-0.4, -0.2) is 22.7 Å². The first-order chi connectivity index (χ1) is 11.7. The van der Waals surface area contributed by atoms with E-state index in [4.69, 9.17) is 9.47 Å². The fourth-order valence-corrected chi connectivity index (χ4v) is 3.73. The quantitative estimate of drug-likeness (QED) is 0.626. The molecule has 0 saturated heterocycles. The third-order valence-corrected chi connectivity index (χ3v) is 5.52. The van der Waals surface area contributed by atoms with E-state index in [2.05, 4.69) is 32.9 Å². The van der Waals surface area contributed by atoms with E-state index in [-0.39, 0.29) is 12.4 Å². The smallest absolute Gasteiger partial charge is 0.282 e. The van der Waals surface area contributed by atoms with Gasteiger partial charge in [0.15, 0.2) is 11.5 Å². The van der Waals surface area contributed by atoms with Crippen molar-refractivity contribution in [2.75, 3.05) is 6.79 Å². The van der Waals surface area contributed by atoms with Gasteiger partial charge in [-0.3, -0.25) is 4.79 Å². The molecule has 0 saturated carbocycles. The van der Waals surface area contributed by atoms with Gasteiger partial charge in [0.25, 0.3) is 5.56 Å². The molecule has 3 aromatic rings. The third kappa shape index (κ3) is 2.61. The van der Waals surface area contributed by atoms with Crippen molar-refractivity contribution >= 4 is 43.7 Å². The van der Waals surface area contributed by atoms with Crippen molar-refractivity contribution in [3.63, 3.8) is 0 Å². The molecule has 0 amide bonds. The molecule has 0 fully saturated rings. The summed E-state index contributed by atoms with van der Waals surface area (Å²) in [5.41, 5.74) is 0.606. The maximum absolute atomic E-state index is 12.5. The second kappa shape index (κ2) is 6.03. The summed E-state index contributed by atoms with van der Waals surface area (Å²) in [4.78, 5) is 18.7. The van der Waals surface area contributed by atoms with Crippen molar-refractivity contribution in [3.05, 3.63) is 49.8 Å². The highest BCUT2D eigenvalue weighted by Gasteiger charge is 2.15. The Labute approximate surface area is 149 Å². The molecule has 6 nitrogen and oxygen atoms in total. The van der Waals surface area contributed by atoms with Crippen LogP contribution in [0.15, 0.2) is 38.9 Å². The van der Waals surface area contributed by atoms with Gasteiger partial charge in [-0.1, -0.05) is 6.92 Å². The number of benzene rings is 1. The Kier molecular flexibility index (Phi) is 3.85. The predicted octanol–water partition coefficient (Wildman–Crippen LogP) is 3.39. The highest BCUT2D eigenvalue weighted by molar-refractivity contribution is 9.10. The summed E-state index contributed by atoms with van der Waals surface area (Å²) in [7, 11) is 0. The van der Waals surface area contributed by atoms with Crippen molar-refractivity contribution in [2.24, 2.45) is 5.10 Å². The average molecular weight is 406 g/mol. The molecule has 1 aliphatic heterocycles. The number of aryl methyl sites for hydroxylation is 1. The van der Waals surface area contributed by atoms with Crippen molar-refractivity contribution in [2.45, 2.75) is 13.3 Å². The highest BCUT2D eigenvalue weighted by Crippen LogP contribution is 2.36. The molecule has 0 aliphatic carbocycles. The Morgan fingerprint density at radius 3 is 2.96 bits per heavy atom. The van der Waals surface area contributed by atoms with Crippen LogP contribution in [0.25, 0.3) is 10.2 Å². The zero-order valence-corrected chi connectivity index (χ0v) is 15.1. The van der Waals surface area contributed by atoms with Gasteiger partial charge < -0.3 is 9.47 Å². The van der Waals surface area contributed by atoms with Gasteiger partial charge in [-0.05, 0) is 40.5 Å². The Morgan fingerprint density at radius 2 is 2.17 bits per heavy atom. The maximum atomic E-state index is 12.5. The lowest BCUT2D eigenvalue weighted by Crippen LogP contribution is -2.16. The van der Waals surface area contributed by atoms with Crippen molar-refractivity contribution in [3.8, 4) is 11.5 Å². The van der Waals surface area contributed by atoms with Crippen molar-refractivity contribution in [1.82, 2.24) is 9.66 Å². The van der Waals surface area contributed by atoms with Gasteiger partial charge in [-0.2, -0.15) is 9.78 Å². The largest absolute Gasteiger partial charge is 0.454 e. The second-order valence-corrected chi connectivity index (χ2v) is 7.12. The number of hydrogen-bond acceptors (Lipinski definition) is 6.